The number of halogens is 1. The third-order valence-electron chi connectivity index (χ3n) is 7.43. The van der Waals surface area contributed by atoms with Crippen LogP contribution in [0.5, 0.6) is 0 Å². The Morgan fingerprint density at radius 1 is 1.00 bits per heavy atom. The molecule has 0 unspecified atom stereocenters. The normalized spacial score (nSPS) is 28.7. The molecule has 1 saturated heterocycles. The summed E-state index contributed by atoms with van der Waals surface area (Å²) < 4.78 is 5.27. The number of nitrogens with zero attached hydrogens (tertiary/aromatic N) is 1. The fraction of sp³-hybridized carbons (Fsp3) is 0.385. The molecule has 2 saturated carbocycles. The van der Waals surface area contributed by atoms with Crippen molar-refractivity contribution < 1.29 is 23.9 Å². The molecule has 3 fully saturated rings. The predicted octanol–water partition coefficient (Wildman–Crippen LogP) is 3.88. The Kier molecular flexibility index (Phi) is 5.57. The van der Waals surface area contributed by atoms with Crippen molar-refractivity contribution in [2.75, 3.05) is 6.54 Å². The van der Waals surface area contributed by atoms with E-state index in [1.54, 1.807) is 24.3 Å². The molecule has 7 heteroatoms. The fourth-order valence-corrected chi connectivity index (χ4v) is 6.15. The van der Waals surface area contributed by atoms with E-state index in [2.05, 4.69) is 12.1 Å². The Balaban J connectivity index is 1.24. The zero-order chi connectivity index (χ0) is 23.3. The van der Waals surface area contributed by atoms with Crippen molar-refractivity contribution >= 4 is 35.2 Å². The number of carbonyl (C=O) groups excluding carboxylic acids is 4. The highest BCUT2D eigenvalue weighted by Crippen LogP contribution is 2.61. The van der Waals surface area contributed by atoms with Crippen molar-refractivity contribution in [2.24, 2.45) is 23.7 Å². The Hall–Kier alpha value is -2.99. The average Bonchev–Trinajstić information content (AvgIpc) is 3.47. The molecule has 6 atom stereocenters. The topological polar surface area (TPSA) is 80.8 Å². The van der Waals surface area contributed by atoms with Gasteiger partial charge in [0.15, 0.2) is 6.10 Å². The van der Waals surface area contributed by atoms with Gasteiger partial charge in [0.05, 0.1) is 11.8 Å². The van der Waals surface area contributed by atoms with Gasteiger partial charge >= 0.3 is 5.97 Å². The third kappa shape index (κ3) is 3.76. The van der Waals surface area contributed by atoms with E-state index < -0.39 is 18.6 Å². The Morgan fingerprint density at radius 2 is 1.67 bits per heavy atom. The van der Waals surface area contributed by atoms with E-state index in [0.29, 0.717) is 10.6 Å². The molecule has 5 rings (SSSR count). The van der Waals surface area contributed by atoms with Crippen LogP contribution < -0.4 is 0 Å². The maximum atomic E-state index is 13.2. The van der Waals surface area contributed by atoms with Crippen LogP contribution in [0.2, 0.25) is 5.02 Å². The molecule has 2 bridgehead atoms. The van der Waals surface area contributed by atoms with Gasteiger partial charge in [-0.3, -0.25) is 24.1 Å². The summed E-state index contributed by atoms with van der Waals surface area (Å²) in [6.45, 7) is 1.01. The molecule has 0 radical (unpaired) electrons. The highest BCUT2D eigenvalue weighted by atomic mass is 35.5. The first-order chi connectivity index (χ1) is 15.8. The van der Waals surface area contributed by atoms with Gasteiger partial charge in [-0.25, -0.2) is 0 Å². The van der Waals surface area contributed by atoms with E-state index in [4.69, 9.17) is 16.3 Å². The SMILES string of the molecule is C[C@@H](OC(=O)CN1C(=O)[C@H]2[C@H]3C[C@@H]([C@@H]2C1=O)[C@@H](c1ccccc1)C3)C(=O)c1ccc(Cl)cc1. The number of likely N-dealkylation sites (tertiary alicyclic amines) is 1. The molecule has 2 aromatic carbocycles. The van der Waals surface area contributed by atoms with Crippen molar-refractivity contribution in [1.29, 1.82) is 0 Å². The van der Waals surface area contributed by atoms with Crippen molar-refractivity contribution in [2.45, 2.75) is 31.8 Å². The molecule has 0 N–H and O–H groups in total. The van der Waals surface area contributed by atoms with Crippen molar-refractivity contribution in [3.63, 3.8) is 0 Å². The summed E-state index contributed by atoms with van der Waals surface area (Å²) in [7, 11) is 0. The monoisotopic (exact) mass is 465 g/mol. The number of ketones is 1. The zero-order valence-electron chi connectivity index (χ0n) is 18.1. The van der Waals surface area contributed by atoms with Gasteiger partial charge < -0.3 is 4.74 Å². The van der Waals surface area contributed by atoms with Crippen LogP contribution in [0, 0.1) is 23.7 Å². The van der Waals surface area contributed by atoms with Gasteiger partial charge in [0.2, 0.25) is 17.6 Å². The van der Waals surface area contributed by atoms with Crippen molar-refractivity contribution in [3.05, 3.63) is 70.7 Å². The Morgan fingerprint density at radius 3 is 2.36 bits per heavy atom. The van der Waals surface area contributed by atoms with Gasteiger partial charge in [-0.1, -0.05) is 41.9 Å². The van der Waals surface area contributed by atoms with E-state index in [-0.39, 0.29) is 47.2 Å². The molecular formula is C26H24ClNO5. The number of benzene rings is 2. The number of amides is 2. The number of fused-ring (bicyclic) bond motifs is 5. The number of imide groups is 1. The first-order valence-corrected chi connectivity index (χ1v) is 11.6. The largest absolute Gasteiger partial charge is 0.453 e. The Labute approximate surface area is 196 Å². The molecule has 2 amide bonds. The number of hydrogen-bond donors (Lipinski definition) is 0. The van der Waals surface area contributed by atoms with Gasteiger partial charge in [-0.05, 0) is 67.3 Å². The molecule has 6 nitrogen and oxygen atoms in total. The first kappa shape index (κ1) is 21.8. The lowest BCUT2D eigenvalue weighted by Crippen LogP contribution is -2.39. The van der Waals surface area contributed by atoms with Crippen LogP contribution in [0.15, 0.2) is 54.6 Å². The molecule has 0 spiro atoms. The summed E-state index contributed by atoms with van der Waals surface area (Å²) in [5, 5.41) is 0.497. The fourth-order valence-electron chi connectivity index (χ4n) is 6.03. The minimum absolute atomic E-state index is 0.116. The van der Waals surface area contributed by atoms with Gasteiger partial charge in [0.1, 0.15) is 6.54 Å². The highest BCUT2D eigenvalue weighted by molar-refractivity contribution is 6.30. The number of Topliss-reactive ketones (excluding diaryl/α,β-unsaturated/α-hetero) is 1. The number of esters is 1. The van der Waals surface area contributed by atoms with Crippen LogP contribution in [-0.4, -0.2) is 41.1 Å². The predicted molar refractivity (Wildman–Crippen MR) is 120 cm³/mol. The second-order valence-electron chi connectivity index (χ2n) is 9.23. The van der Waals surface area contributed by atoms with E-state index in [9.17, 15) is 19.2 Å². The number of hydrogen-bond acceptors (Lipinski definition) is 5. The van der Waals surface area contributed by atoms with Gasteiger partial charge in [0.25, 0.3) is 0 Å². The summed E-state index contributed by atoms with van der Waals surface area (Å²) in [6, 6.07) is 16.4. The quantitative estimate of drug-likeness (QED) is 0.367. The molecule has 0 aromatic heterocycles. The lowest BCUT2D eigenvalue weighted by Gasteiger charge is -2.28. The molecule has 3 aliphatic rings. The number of rotatable bonds is 6. The third-order valence-corrected chi connectivity index (χ3v) is 7.68. The van der Waals surface area contributed by atoms with E-state index in [1.165, 1.54) is 12.5 Å². The maximum Gasteiger partial charge on any atom is 0.326 e. The minimum Gasteiger partial charge on any atom is -0.453 e. The summed E-state index contributed by atoms with van der Waals surface area (Å²) in [5.41, 5.74) is 1.57. The first-order valence-electron chi connectivity index (χ1n) is 11.2. The van der Waals surface area contributed by atoms with Crippen molar-refractivity contribution in [3.8, 4) is 0 Å². The van der Waals surface area contributed by atoms with E-state index in [1.807, 2.05) is 18.2 Å². The summed E-state index contributed by atoms with van der Waals surface area (Å²) in [4.78, 5) is 52.3. The molecular weight excluding hydrogens is 442 g/mol. The second kappa shape index (κ2) is 8.41. The smallest absolute Gasteiger partial charge is 0.326 e. The molecule has 1 heterocycles. The zero-order valence-corrected chi connectivity index (χ0v) is 18.9. The van der Waals surface area contributed by atoms with Crippen molar-refractivity contribution in [1.82, 2.24) is 4.90 Å². The standard InChI is InChI=1S/C26H24ClNO5/c1-14(24(30)16-7-9-18(27)10-8-16)33-21(29)13-28-25(31)22-17-11-19(15-5-3-2-4-6-15)20(12-17)23(22)26(28)32/h2-10,14,17,19-20,22-23H,11-13H2,1H3/t14-,17-,19-,20-,22+,23+/m1/s1. The second-order valence-corrected chi connectivity index (χ2v) is 9.67. The lowest BCUT2D eigenvalue weighted by atomic mass is 9.73. The molecule has 33 heavy (non-hydrogen) atoms. The van der Waals surface area contributed by atoms with Gasteiger partial charge in [-0.15, -0.1) is 0 Å². The van der Waals surface area contributed by atoms with Crippen LogP contribution in [0.3, 0.4) is 0 Å². The van der Waals surface area contributed by atoms with Gasteiger partial charge in [-0.2, -0.15) is 0 Å². The van der Waals surface area contributed by atoms with Crippen LogP contribution in [-0.2, 0) is 19.1 Å². The van der Waals surface area contributed by atoms with E-state index >= 15 is 0 Å². The number of ether oxygens (including phenoxy) is 1. The molecule has 1 aliphatic heterocycles. The van der Waals surface area contributed by atoms with Crippen LogP contribution >= 0.6 is 11.6 Å². The van der Waals surface area contributed by atoms with Crippen LogP contribution in [0.4, 0.5) is 0 Å². The Bertz CT molecular complexity index is 1120. The summed E-state index contributed by atoms with van der Waals surface area (Å²) in [6.07, 6.45) is 0.724. The lowest BCUT2D eigenvalue weighted by molar-refractivity contribution is -0.155. The van der Waals surface area contributed by atoms with Gasteiger partial charge in [0, 0.05) is 10.6 Å². The summed E-state index contributed by atoms with van der Waals surface area (Å²) >= 11 is 5.85. The highest BCUT2D eigenvalue weighted by Gasteiger charge is 2.64. The molecule has 2 aromatic rings. The summed E-state index contributed by atoms with van der Waals surface area (Å²) in [5.74, 6) is -1.88. The minimum atomic E-state index is -1.04. The van der Waals surface area contributed by atoms with Crippen LogP contribution in [0.25, 0.3) is 0 Å². The molecule has 170 valence electrons. The number of carbonyl (C=O) groups is 4. The average molecular weight is 466 g/mol. The van der Waals surface area contributed by atoms with E-state index in [0.717, 1.165) is 17.7 Å². The maximum absolute atomic E-state index is 13.2. The molecule has 2 aliphatic carbocycles. The van der Waals surface area contributed by atoms with Crippen LogP contribution in [0.1, 0.15) is 41.6 Å².